The number of carbonyl (C=O) groups is 11. The van der Waals surface area contributed by atoms with Crippen LogP contribution in [0.5, 0.6) is 0 Å². The second-order valence-corrected chi connectivity index (χ2v) is 17.7. The predicted molar refractivity (Wildman–Crippen MR) is 241 cm³/mol. The number of aliphatic hydroxyl groups excluding tert-OH is 2. The first-order valence-electron chi connectivity index (χ1n) is 22.2. The molecule has 16 N–H and O–H groups in total. The fraction of sp³-hybridized carbons (Fsp3) is 0.667. The maximum Gasteiger partial charge on any atom is 0.326 e. The lowest BCUT2D eigenvalue weighted by Gasteiger charge is -2.28. The number of aliphatic carboxylic acids is 3. The van der Waals surface area contributed by atoms with Gasteiger partial charge in [-0.05, 0) is 50.9 Å². The van der Waals surface area contributed by atoms with Crippen molar-refractivity contribution in [3.8, 4) is 0 Å². The molecular formula is C42H69N11O16. The molecule has 0 saturated heterocycles. The zero-order valence-corrected chi connectivity index (χ0v) is 39.9. The molecule has 0 saturated carbocycles. The van der Waals surface area contributed by atoms with Crippen LogP contribution < -0.4 is 48.3 Å². The number of aliphatic hydroxyl groups is 2. The largest absolute Gasteiger partial charge is 0.481 e. The molecule has 0 unspecified atom stereocenters. The second kappa shape index (κ2) is 29.2. The van der Waals surface area contributed by atoms with E-state index in [2.05, 4.69) is 41.9 Å². The van der Waals surface area contributed by atoms with Gasteiger partial charge in [0.05, 0.1) is 31.5 Å². The van der Waals surface area contributed by atoms with E-state index < -0.39 is 157 Å². The number of imidazole rings is 1. The Morgan fingerprint density at radius 1 is 0.580 bits per heavy atom. The van der Waals surface area contributed by atoms with Crippen molar-refractivity contribution in [1.29, 1.82) is 0 Å². The minimum atomic E-state index is -2.05. The highest BCUT2D eigenvalue weighted by Crippen LogP contribution is 2.11. The molecule has 10 atom stereocenters. The number of carboxylic acids is 3. The van der Waals surface area contributed by atoms with Crippen molar-refractivity contribution in [2.24, 2.45) is 23.5 Å². The monoisotopic (exact) mass is 983 g/mol. The Kier molecular flexibility index (Phi) is 25.5. The summed E-state index contributed by atoms with van der Waals surface area (Å²) in [4.78, 5) is 149. The van der Waals surface area contributed by atoms with Gasteiger partial charge in [0.2, 0.25) is 47.3 Å². The lowest BCUT2D eigenvalue weighted by molar-refractivity contribution is -0.143. The first-order valence-corrected chi connectivity index (χ1v) is 22.2. The van der Waals surface area contributed by atoms with Gasteiger partial charge >= 0.3 is 17.9 Å². The number of hydrogen-bond donors (Lipinski definition) is 15. The maximum absolute atomic E-state index is 14.0. The van der Waals surface area contributed by atoms with Crippen LogP contribution in [0.1, 0.15) is 93.2 Å². The number of nitrogens with zero attached hydrogens (tertiary/aromatic N) is 1. The average molecular weight is 984 g/mol. The Morgan fingerprint density at radius 2 is 1.07 bits per heavy atom. The zero-order chi connectivity index (χ0) is 52.9. The van der Waals surface area contributed by atoms with Crippen molar-refractivity contribution in [2.45, 2.75) is 154 Å². The number of hydrogen-bond acceptors (Lipinski definition) is 15. The standard InChI is InChI=1S/C42H69N11O16/c1-18(2)11-24(43)35(61)48-26(12-19(3)4)37(63)49-27(13-23-15-44-17-45-23)38(64)47-25(9-10-30(56)57)36(62)53-33(22(8)55)41(67)50-28(14-31(58)59)39(65)51-29(16-54)40(66)46-21(7)34(60)52-32(20(5)6)42(68)69/h15,17-22,24-29,32-33,54-55H,9-14,16,43H2,1-8H3,(H,44,45)(H,46,66)(H,47,64)(H,48,61)(H,49,63)(H,50,67)(H,51,65)(H,52,60)(H,53,62)(H,56,57)(H,58,59)(H,68,69)/t21-,22+,24-,25-,26-,27-,28-,29-,32-,33-/m0/s1. The minimum Gasteiger partial charge on any atom is -0.481 e. The fourth-order valence-corrected chi connectivity index (χ4v) is 6.45. The van der Waals surface area contributed by atoms with Crippen molar-refractivity contribution in [3.05, 3.63) is 18.2 Å². The first kappa shape index (κ1) is 60.3. The summed E-state index contributed by atoms with van der Waals surface area (Å²) in [6.07, 6.45) is -1.50. The van der Waals surface area contributed by atoms with Crippen molar-refractivity contribution < 1.29 is 78.3 Å². The third-order valence-electron chi connectivity index (χ3n) is 10.2. The third kappa shape index (κ3) is 21.8. The molecule has 388 valence electrons. The Balaban J connectivity index is 3.37. The fourth-order valence-electron chi connectivity index (χ4n) is 6.45. The molecule has 1 rings (SSSR count). The molecule has 1 heterocycles. The van der Waals surface area contributed by atoms with Gasteiger partial charge in [-0.15, -0.1) is 0 Å². The summed E-state index contributed by atoms with van der Waals surface area (Å²) in [6, 6.07) is -14.1. The SMILES string of the molecule is CC(C)C[C@H](NC(=O)[C@@H](N)CC(C)C)C(=O)N[C@@H](Cc1cnc[nH]1)C(=O)N[C@@H](CCC(=O)O)C(=O)N[C@H](C(=O)N[C@@H](CC(=O)O)C(=O)N[C@@H](CO)C(=O)N[C@@H](C)C(=O)N[C@H](C(=O)O)C(C)C)[C@@H](C)O. The highest BCUT2D eigenvalue weighted by atomic mass is 16.4. The van der Waals surface area contributed by atoms with Crippen LogP contribution in [0.4, 0.5) is 0 Å². The summed E-state index contributed by atoms with van der Waals surface area (Å²) in [6.45, 7) is 11.4. The maximum atomic E-state index is 14.0. The molecule has 1 aromatic rings. The van der Waals surface area contributed by atoms with Gasteiger partial charge < -0.3 is 78.8 Å². The van der Waals surface area contributed by atoms with E-state index in [9.17, 15) is 78.3 Å². The van der Waals surface area contributed by atoms with Crippen LogP contribution in [0.3, 0.4) is 0 Å². The van der Waals surface area contributed by atoms with Gasteiger partial charge in [-0.1, -0.05) is 41.5 Å². The Labute approximate surface area is 398 Å². The van der Waals surface area contributed by atoms with Gasteiger partial charge in [0.25, 0.3) is 0 Å². The molecule has 0 fully saturated rings. The molecule has 0 spiro atoms. The number of nitrogens with two attached hydrogens (primary N) is 1. The smallest absolute Gasteiger partial charge is 0.326 e. The van der Waals surface area contributed by atoms with E-state index in [4.69, 9.17) is 5.73 Å². The molecule has 0 radical (unpaired) electrons. The first-order chi connectivity index (χ1) is 32.1. The van der Waals surface area contributed by atoms with Gasteiger partial charge in [-0.3, -0.25) is 47.9 Å². The van der Waals surface area contributed by atoms with Crippen LogP contribution in [0.15, 0.2) is 12.5 Å². The van der Waals surface area contributed by atoms with Crippen LogP contribution in [0, 0.1) is 17.8 Å². The average Bonchev–Trinajstić information content (AvgIpc) is 3.76. The van der Waals surface area contributed by atoms with Gasteiger partial charge in [0.15, 0.2) is 0 Å². The van der Waals surface area contributed by atoms with E-state index in [1.165, 1.54) is 33.3 Å². The lowest BCUT2D eigenvalue weighted by Crippen LogP contribution is -2.62. The number of carbonyl (C=O) groups excluding carboxylic acids is 8. The van der Waals surface area contributed by atoms with Gasteiger partial charge in [0.1, 0.15) is 48.3 Å². The van der Waals surface area contributed by atoms with E-state index >= 15 is 0 Å². The Bertz CT molecular complexity index is 1950. The van der Waals surface area contributed by atoms with Gasteiger partial charge in [-0.25, -0.2) is 9.78 Å². The number of rotatable bonds is 31. The molecule has 69 heavy (non-hydrogen) atoms. The summed E-state index contributed by atoms with van der Waals surface area (Å²) in [7, 11) is 0. The predicted octanol–water partition coefficient (Wildman–Crippen LogP) is -4.28. The topological polar surface area (TPSA) is 440 Å². The molecular weight excluding hydrogens is 915 g/mol. The molecule has 8 amide bonds. The van der Waals surface area contributed by atoms with E-state index in [1.54, 1.807) is 13.8 Å². The highest BCUT2D eigenvalue weighted by Gasteiger charge is 2.37. The number of amides is 8. The van der Waals surface area contributed by atoms with Crippen LogP contribution >= 0.6 is 0 Å². The number of aromatic nitrogens is 2. The highest BCUT2D eigenvalue weighted by molar-refractivity contribution is 5.99. The van der Waals surface area contributed by atoms with E-state index in [0.717, 1.165) is 6.92 Å². The number of aromatic amines is 1. The Hall–Kier alpha value is -6.74. The van der Waals surface area contributed by atoms with Crippen molar-refractivity contribution in [1.82, 2.24) is 52.5 Å². The molecule has 27 heteroatoms. The molecule has 0 aliphatic heterocycles. The zero-order valence-electron chi connectivity index (χ0n) is 39.9. The summed E-state index contributed by atoms with van der Waals surface area (Å²) in [5, 5.41) is 67.1. The minimum absolute atomic E-state index is 0.0579. The molecule has 1 aromatic heterocycles. The summed E-state index contributed by atoms with van der Waals surface area (Å²) < 4.78 is 0. The molecule has 0 aromatic carbocycles. The second-order valence-electron chi connectivity index (χ2n) is 17.7. The summed E-state index contributed by atoms with van der Waals surface area (Å²) in [5.74, 6) is -13.6. The summed E-state index contributed by atoms with van der Waals surface area (Å²) >= 11 is 0. The molecule has 0 aliphatic rings. The third-order valence-corrected chi connectivity index (χ3v) is 10.2. The molecule has 0 bridgehead atoms. The van der Waals surface area contributed by atoms with Crippen molar-refractivity contribution in [2.75, 3.05) is 6.61 Å². The number of H-pyrrole nitrogens is 1. The van der Waals surface area contributed by atoms with Crippen LogP contribution in [0.2, 0.25) is 0 Å². The van der Waals surface area contributed by atoms with Gasteiger partial charge in [0, 0.05) is 24.7 Å². The van der Waals surface area contributed by atoms with Crippen LogP contribution in [-0.4, -0.2) is 168 Å². The van der Waals surface area contributed by atoms with Crippen LogP contribution in [0.25, 0.3) is 0 Å². The van der Waals surface area contributed by atoms with E-state index in [0.29, 0.717) is 12.1 Å². The van der Waals surface area contributed by atoms with Crippen molar-refractivity contribution >= 4 is 65.2 Å². The molecule has 0 aliphatic carbocycles. The quantitative estimate of drug-likeness (QED) is 0.0335. The van der Waals surface area contributed by atoms with E-state index in [-0.39, 0.29) is 24.7 Å². The van der Waals surface area contributed by atoms with Crippen LogP contribution in [-0.2, 0) is 59.2 Å². The lowest BCUT2D eigenvalue weighted by atomic mass is 10.00. The normalized spacial score (nSPS) is 15.6. The molecule has 27 nitrogen and oxygen atoms in total. The Morgan fingerprint density at radius 3 is 1.57 bits per heavy atom. The van der Waals surface area contributed by atoms with E-state index in [1.807, 2.05) is 24.5 Å². The summed E-state index contributed by atoms with van der Waals surface area (Å²) in [5.41, 5.74) is 6.38. The van der Waals surface area contributed by atoms with Gasteiger partial charge in [-0.2, -0.15) is 0 Å². The number of nitrogens with one attached hydrogen (secondary N) is 9. The van der Waals surface area contributed by atoms with Crippen molar-refractivity contribution in [3.63, 3.8) is 0 Å². The number of carboxylic acid groups (broad SMARTS) is 3.